The molecule has 3 rings (SSSR count). The first kappa shape index (κ1) is 29.4. The molecular weight excluding hydrogens is 419 g/mol. The molecule has 6 heteroatoms. The number of aromatic amines is 1. The van der Waals surface area contributed by atoms with E-state index in [4.69, 9.17) is 5.11 Å². The van der Waals surface area contributed by atoms with Crippen molar-refractivity contribution in [3.05, 3.63) is 34.0 Å². The summed E-state index contributed by atoms with van der Waals surface area (Å²) in [5, 5.41) is 7.94. The Labute approximate surface area is 199 Å². The van der Waals surface area contributed by atoms with Crippen LogP contribution in [-0.4, -0.2) is 35.0 Å². The fourth-order valence-corrected chi connectivity index (χ4v) is 4.53. The minimum absolute atomic E-state index is 0.122. The first-order valence-corrected chi connectivity index (χ1v) is 12.8. The van der Waals surface area contributed by atoms with Crippen LogP contribution in [0.1, 0.15) is 104 Å². The van der Waals surface area contributed by atoms with Crippen molar-refractivity contribution in [3.63, 3.8) is 0 Å². The lowest BCUT2D eigenvalue weighted by atomic mass is 9.74. The summed E-state index contributed by atoms with van der Waals surface area (Å²) in [7, 11) is 1.55. The average molecular weight is 467 g/mol. The minimum Gasteiger partial charge on any atom is -0.394 e. The Morgan fingerprint density at radius 3 is 2.18 bits per heavy atom. The maximum atomic E-state index is 13.6. The molecule has 190 valence electrons. The molecule has 5 nitrogen and oxygen atoms in total. The molecule has 2 N–H and O–H groups in total. The van der Waals surface area contributed by atoms with Crippen molar-refractivity contribution in [1.29, 1.82) is 0 Å². The number of aliphatic hydroxyl groups excluding tert-OH is 1. The zero-order valence-corrected chi connectivity index (χ0v) is 21.8. The molecule has 1 aliphatic rings. The first-order chi connectivity index (χ1) is 15.8. The topological polar surface area (TPSA) is 67.2 Å². The van der Waals surface area contributed by atoms with Gasteiger partial charge in [-0.25, -0.2) is 9.18 Å². The molecule has 0 amide bonds. The van der Waals surface area contributed by atoms with Gasteiger partial charge < -0.3 is 14.8 Å². The molecule has 0 atom stereocenters. The second kappa shape index (κ2) is 15.3. The van der Waals surface area contributed by atoms with Crippen molar-refractivity contribution in [1.82, 2.24) is 9.55 Å². The van der Waals surface area contributed by atoms with E-state index in [-0.39, 0.29) is 24.2 Å². The highest BCUT2D eigenvalue weighted by atomic mass is 19.1. The minimum atomic E-state index is -0.275. The van der Waals surface area contributed by atoms with Gasteiger partial charge in [-0.1, -0.05) is 66.2 Å². The zero-order chi connectivity index (χ0) is 24.9. The lowest BCUT2D eigenvalue weighted by Gasteiger charge is -2.32. The number of benzene rings is 1. The van der Waals surface area contributed by atoms with Crippen LogP contribution in [0.2, 0.25) is 0 Å². The van der Waals surface area contributed by atoms with Gasteiger partial charge in [0.05, 0.1) is 24.2 Å². The summed E-state index contributed by atoms with van der Waals surface area (Å²) in [6, 6.07) is 3.37. The monoisotopic (exact) mass is 466 g/mol. The third-order valence-electron chi connectivity index (χ3n) is 6.82. The molecule has 0 saturated heterocycles. The van der Waals surface area contributed by atoms with Gasteiger partial charge in [-0.05, 0) is 55.7 Å². The van der Waals surface area contributed by atoms with Gasteiger partial charge in [0.1, 0.15) is 5.82 Å². The quantitative estimate of drug-likeness (QED) is 0.444. The van der Waals surface area contributed by atoms with Gasteiger partial charge >= 0.3 is 5.69 Å². The number of imidazole rings is 1. The molecule has 0 unspecified atom stereocenters. The van der Waals surface area contributed by atoms with E-state index in [1.807, 2.05) is 0 Å². The molecule has 0 spiro atoms. The second-order valence-corrected chi connectivity index (χ2v) is 9.59. The lowest BCUT2D eigenvalue weighted by molar-refractivity contribution is 0.135. The number of fused-ring (bicyclic) bond motifs is 1. The third kappa shape index (κ3) is 9.24. The number of rotatable bonds is 8. The number of aromatic nitrogens is 2. The van der Waals surface area contributed by atoms with E-state index in [9.17, 15) is 9.18 Å². The fraction of sp³-hybridized carbons (Fsp3) is 0.741. The molecular formula is C27H47FN2O3. The van der Waals surface area contributed by atoms with Gasteiger partial charge in [-0.15, -0.1) is 0 Å². The number of H-pyrrole nitrogens is 1. The third-order valence-corrected chi connectivity index (χ3v) is 6.82. The lowest BCUT2D eigenvalue weighted by Crippen LogP contribution is -2.22. The van der Waals surface area contributed by atoms with Crippen molar-refractivity contribution < 1.29 is 14.2 Å². The molecule has 0 bridgehead atoms. The molecule has 0 aliphatic heterocycles. The first-order valence-electron chi connectivity index (χ1n) is 12.8. The van der Waals surface area contributed by atoms with E-state index in [0.29, 0.717) is 17.7 Å². The van der Waals surface area contributed by atoms with Crippen molar-refractivity contribution >= 4 is 11.0 Å². The summed E-state index contributed by atoms with van der Waals surface area (Å²) in [4.78, 5) is 14.9. The number of aryl methyl sites for hydroxylation is 1. The van der Waals surface area contributed by atoms with Crippen molar-refractivity contribution in [2.24, 2.45) is 5.41 Å². The molecule has 1 fully saturated rings. The van der Waals surface area contributed by atoms with Crippen LogP contribution in [0.5, 0.6) is 0 Å². The predicted octanol–water partition coefficient (Wildman–Crippen LogP) is 6.91. The highest BCUT2D eigenvalue weighted by Crippen LogP contribution is 2.38. The van der Waals surface area contributed by atoms with Gasteiger partial charge in [0.2, 0.25) is 0 Å². The van der Waals surface area contributed by atoms with Crippen LogP contribution in [-0.2, 0) is 4.74 Å². The van der Waals surface area contributed by atoms with Crippen LogP contribution < -0.4 is 5.69 Å². The Bertz CT molecular complexity index is 845. The molecule has 1 saturated carbocycles. The van der Waals surface area contributed by atoms with Crippen molar-refractivity contribution in [3.8, 4) is 0 Å². The maximum Gasteiger partial charge on any atom is 0.326 e. The molecule has 1 aromatic carbocycles. The molecule has 0 radical (unpaired) electrons. The Kier molecular flexibility index (Phi) is 13.6. The van der Waals surface area contributed by atoms with E-state index in [1.54, 1.807) is 24.7 Å². The number of methoxy groups -OCH3 is 1. The fourth-order valence-electron chi connectivity index (χ4n) is 4.53. The number of hydrogen-bond donors (Lipinski definition) is 2. The number of hydrogen-bond acceptors (Lipinski definition) is 3. The van der Waals surface area contributed by atoms with Gasteiger partial charge in [0, 0.05) is 13.2 Å². The number of ether oxygens (including phenoxy) is 1. The normalized spacial score (nSPS) is 15.1. The summed E-state index contributed by atoms with van der Waals surface area (Å²) in [6.45, 7) is 11.3. The molecule has 1 aromatic heterocycles. The van der Waals surface area contributed by atoms with Gasteiger partial charge in [0.15, 0.2) is 0 Å². The maximum absolute atomic E-state index is 13.6. The Balaban J connectivity index is 0.000000321. The van der Waals surface area contributed by atoms with Crippen LogP contribution in [0, 0.1) is 18.2 Å². The number of nitrogens with zero attached hydrogens (tertiary/aromatic N) is 1. The zero-order valence-electron chi connectivity index (χ0n) is 21.8. The largest absolute Gasteiger partial charge is 0.394 e. The van der Waals surface area contributed by atoms with E-state index in [0.717, 1.165) is 36.6 Å². The van der Waals surface area contributed by atoms with Crippen LogP contribution in [0.3, 0.4) is 0 Å². The Morgan fingerprint density at radius 1 is 1.15 bits per heavy atom. The summed E-state index contributed by atoms with van der Waals surface area (Å²) in [5.74, 6) is -0.275. The summed E-state index contributed by atoms with van der Waals surface area (Å²) >= 11 is 0. The Morgan fingerprint density at radius 2 is 1.76 bits per heavy atom. The van der Waals surface area contributed by atoms with Crippen LogP contribution in [0.15, 0.2) is 16.9 Å². The second-order valence-electron chi connectivity index (χ2n) is 9.59. The standard InChI is InChI=1S/C15H21FN2O.C9H18.C3H8O2/c1-4-6-11(7-5-2)18-14-8-10(3)12(16)9-13(14)17-15(18)19;1-3-9(2)7-5-4-6-8-9;1-5-3-2-4/h8-9,11H,4-7H2,1-3H3,(H,17,19);3-8H2,1-2H3;4H,2-3H2,1H3. The van der Waals surface area contributed by atoms with E-state index in [2.05, 4.69) is 37.4 Å². The predicted molar refractivity (Wildman–Crippen MR) is 137 cm³/mol. The SMILES string of the molecule is CCC1(C)CCCCC1.CCCC(CCC)n1c(=O)[nH]c2cc(F)c(C)cc21.COCCO. The molecule has 2 aromatic rings. The van der Waals surface area contributed by atoms with Gasteiger partial charge in [0.25, 0.3) is 0 Å². The molecule has 1 aliphatic carbocycles. The molecule has 1 heterocycles. The van der Waals surface area contributed by atoms with Crippen LogP contribution in [0.4, 0.5) is 4.39 Å². The highest BCUT2D eigenvalue weighted by Gasteiger charge is 2.23. The molecule has 33 heavy (non-hydrogen) atoms. The number of aliphatic hydroxyl groups is 1. The van der Waals surface area contributed by atoms with Gasteiger partial charge in [-0.2, -0.15) is 0 Å². The average Bonchev–Trinajstić information content (AvgIpc) is 3.10. The van der Waals surface area contributed by atoms with Crippen LogP contribution in [0.25, 0.3) is 11.0 Å². The smallest absolute Gasteiger partial charge is 0.326 e. The van der Waals surface area contributed by atoms with Crippen molar-refractivity contribution in [2.45, 2.75) is 105 Å². The summed E-state index contributed by atoms with van der Waals surface area (Å²) in [6.07, 6.45) is 12.8. The van der Waals surface area contributed by atoms with Crippen LogP contribution >= 0.6 is 0 Å². The Hall–Kier alpha value is -1.66. The van der Waals surface area contributed by atoms with E-state index < -0.39 is 0 Å². The van der Waals surface area contributed by atoms with E-state index >= 15 is 0 Å². The number of halogens is 1. The summed E-state index contributed by atoms with van der Waals surface area (Å²) in [5.41, 5.74) is 2.57. The highest BCUT2D eigenvalue weighted by molar-refractivity contribution is 5.76. The summed E-state index contributed by atoms with van der Waals surface area (Å²) < 4.78 is 19.8. The van der Waals surface area contributed by atoms with Crippen molar-refractivity contribution in [2.75, 3.05) is 20.3 Å². The number of nitrogens with one attached hydrogen (secondary N) is 1. The van der Waals surface area contributed by atoms with E-state index in [1.165, 1.54) is 44.6 Å². The van der Waals surface area contributed by atoms with Gasteiger partial charge in [-0.3, -0.25) is 4.57 Å².